The van der Waals surface area contributed by atoms with Gasteiger partial charge >= 0.3 is 5.69 Å². The molecule has 18 heavy (non-hydrogen) atoms. The van der Waals surface area contributed by atoms with E-state index in [1.807, 2.05) is 13.8 Å². The van der Waals surface area contributed by atoms with Crippen LogP contribution >= 0.6 is 27.7 Å². The lowest BCUT2D eigenvalue weighted by Gasteiger charge is -2.08. The van der Waals surface area contributed by atoms with Gasteiger partial charge in [0.1, 0.15) is 5.03 Å². The zero-order chi connectivity index (χ0) is 13.3. The second-order valence-electron chi connectivity index (χ2n) is 3.82. The summed E-state index contributed by atoms with van der Waals surface area (Å²) >= 11 is 4.15. The van der Waals surface area contributed by atoms with Crippen molar-refractivity contribution in [1.29, 1.82) is 0 Å². The lowest BCUT2D eigenvalue weighted by Crippen LogP contribution is -2.19. The van der Waals surface area contributed by atoms with Crippen LogP contribution in [0.15, 0.2) is 31.7 Å². The van der Waals surface area contributed by atoms with Gasteiger partial charge in [-0.15, -0.1) is 5.10 Å². The molecule has 2 rings (SSSR count). The molecule has 1 N–H and O–H groups in total. The number of aromatic nitrogens is 4. The predicted octanol–water partition coefficient (Wildman–Crippen LogP) is 2.60. The maximum absolute atomic E-state index is 13.6. The minimum Gasteiger partial charge on any atom is -0.267 e. The van der Waals surface area contributed by atoms with Crippen LogP contribution in [0.1, 0.15) is 19.9 Å². The van der Waals surface area contributed by atoms with E-state index in [2.05, 4.69) is 31.1 Å². The van der Waals surface area contributed by atoms with Crippen molar-refractivity contribution in [3.05, 3.63) is 33.0 Å². The van der Waals surface area contributed by atoms with Gasteiger partial charge in [-0.05, 0) is 47.6 Å². The summed E-state index contributed by atoms with van der Waals surface area (Å²) < 4.78 is 15.7. The first-order chi connectivity index (χ1) is 8.49. The molecule has 0 saturated carbocycles. The van der Waals surface area contributed by atoms with Gasteiger partial charge in [0.25, 0.3) is 0 Å². The molecule has 0 atom stereocenters. The van der Waals surface area contributed by atoms with E-state index in [0.717, 1.165) is 11.8 Å². The average Bonchev–Trinajstić information content (AvgIpc) is 2.64. The highest BCUT2D eigenvalue weighted by Crippen LogP contribution is 2.28. The van der Waals surface area contributed by atoms with Gasteiger partial charge in [0, 0.05) is 16.7 Å². The van der Waals surface area contributed by atoms with Crippen molar-refractivity contribution in [3.8, 4) is 0 Å². The van der Waals surface area contributed by atoms with Crippen molar-refractivity contribution in [3.63, 3.8) is 0 Å². The van der Waals surface area contributed by atoms with Gasteiger partial charge in [-0.25, -0.2) is 19.3 Å². The third-order valence-corrected chi connectivity index (χ3v) is 3.55. The first-order valence-corrected chi connectivity index (χ1v) is 6.75. The van der Waals surface area contributed by atoms with Crippen LogP contribution in [0.3, 0.4) is 0 Å². The summed E-state index contributed by atoms with van der Waals surface area (Å²) in [6.07, 6.45) is 1.50. The lowest BCUT2D eigenvalue weighted by atomic mass is 10.4. The number of H-pyrrole nitrogens is 1. The van der Waals surface area contributed by atoms with Crippen LogP contribution in [0.25, 0.3) is 0 Å². The fourth-order valence-corrected chi connectivity index (χ4v) is 2.60. The van der Waals surface area contributed by atoms with E-state index in [9.17, 15) is 9.18 Å². The van der Waals surface area contributed by atoms with Gasteiger partial charge < -0.3 is 0 Å². The van der Waals surface area contributed by atoms with Crippen molar-refractivity contribution in [1.82, 2.24) is 19.7 Å². The summed E-state index contributed by atoms with van der Waals surface area (Å²) in [4.78, 5) is 15.5. The fraction of sp³-hybridized carbons (Fsp3) is 0.300. The summed E-state index contributed by atoms with van der Waals surface area (Å²) in [6.45, 7) is 3.71. The molecule has 0 aromatic carbocycles. The quantitative estimate of drug-likeness (QED) is 0.938. The molecular formula is C10H10BrFN4OS. The molecule has 0 fully saturated rings. The first-order valence-electron chi connectivity index (χ1n) is 5.15. The Morgan fingerprint density at radius 2 is 2.28 bits per heavy atom. The van der Waals surface area contributed by atoms with E-state index in [0.29, 0.717) is 9.63 Å². The molecule has 0 saturated heterocycles. The summed E-state index contributed by atoms with van der Waals surface area (Å²) in [7, 11) is 0. The molecule has 0 aliphatic rings. The normalized spacial score (nSPS) is 11.2. The van der Waals surface area contributed by atoms with Crippen molar-refractivity contribution >= 4 is 27.7 Å². The second-order valence-corrected chi connectivity index (χ2v) is 5.69. The molecule has 0 unspecified atom stereocenters. The van der Waals surface area contributed by atoms with Crippen LogP contribution in [-0.2, 0) is 0 Å². The van der Waals surface area contributed by atoms with Crippen LogP contribution < -0.4 is 5.69 Å². The molecule has 0 aliphatic heterocycles. The van der Waals surface area contributed by atoms with Crippen molar-refractivity contribution < 1.29 is 4.39 Å². The highest BCUT2D eigenvalue weighted by molar-refractivity contribution is 9.10. The van der Waals surface area contributed by atoms with Crippen LogP contribution in [0, 0.1) is 5.82 Å². The van der Waals surface area contributed by atoms with E-state index in [1.54, 1.807) is 0 Å². The first kappa shape index (κ1) is 13.3. The van der Waals surface area contributed by atoms with Crippen LogP contribution in [0.2, 0.25) is 0 Å². The highest BCUT2D eigenvalue weighted by Gasteiger charge is 2.15. The molecule has 5 nitrogen and oxygen atoms in total. The number of nitrogens with one attached hydrogen (secondary N) is 1. The molecule has 2 aromatic heterocycles. The minimum atomic E-state index is -0.458. The molecule has 96 valence electrons. The van der Waals surface area contributed by atoms with Gasteiger partial charge in [0.05, 0.1) is 0 Å². The number of halogens is 2. The summed E-state index contributed by atoms with van der Waals surface area (Å²) in [5, 5.41) is 6.78. The maximum Gasteiger partial charge on any atom is 0.344 e. The van der Waals surface area contributed by atoms with Gasteiger partial charge in [-0.2, -0.15) is 0 Å². The Hall–Kier alpha value is -1.15. The van der Waals surface area contributed by atoms with E-state index < -0.39 is 5.82 Å². The van der Waals surface area contributed by atoms with Gasteiger partial charge in [-0.1, -0.05) is 0 Å². The van der Waals surface area contributed by atoms with Crippen molar-refractivity contribution in [2.45, 2.75) is 30.1 Å². The number of rotatable bonds is 3. The third-order valence-electron chi connectivity index (χ3n) is 2.15. The molecule has 0 spiro atoms. The molecule has 0 bridgehead atoms. The number of hydrogen-bond acceptors (Lipinski definition) is 4. The molecule has 2 heterocycles. The van der Waals surface area contributed by atoms with Crippen LogP contribution in [-0.4, -0.2) is 19.7 Å². The SMILES string of the molecule is CC(C)n1c(Sc2ncc(Br)cc2F)n[nH]c1=O. The van der Waals surface area contributed by atoms with Gasteiger partial charge in [0.2, 0.25) is 0 Å². The van der Waals surface area contributed by atoms with E-state index in [1.165, 1.54) is 16.8 Å². The van der Waals surface area contributed by atoms with E-state index >= 15 is 0 Å². The molecule has 8 heteroatoms. The number of pyridine rings is 1. The summed E-state index contributed by atoms with van der Waals surface area (Å²) in [5.74, 6) is -0.458. The predicted molar refractivity (Wildman–Crippen MR) is 69.3 cm³/mol. The standard InChI is InChI=1S/C10H10BrFN4OS/c1-5(2)16-9(17)14-15-10(16)18-8-7(12)3-6(11)4-13-8/h3-5H,1-2H3,(H,14,17). The number of aromatic amines is 1. The topological polar surface area (TPSA) is 63.6 Å². The Morgan fingerprint density at radius 1 is 1.56 bits per heavy atom. The smallest absolute Gasteiger partial charge is 0.267 e. The van der Waals surface area contributed by atoms with Crippen molar-refractivity contribution in [2.24, 2.45) is 0 Å². The Labute approximate surface area is 115 Å². The van der Waals surface area contributed by atoms with Gasteiger partial charge in [0.15, 0.2) is 11.0 Å². The average molecular weight is 333 g/mol. The zero-order valence-electron chi connectivity index (χ0n) is 9.65. The van der Waals surface area contributed by atoms with E-state index in [-0.39, 0.29) is 16.8 Å². The molecular weight excluding hydrogens is 323 g/mol. The number of hydrogen-bond donors (Lipinski definition) is 1. The van der Waals surface area contributed by atoms with Crippen molar-refractivity contribution in [2.75, 3.05) is 0 Å². The Kier molecular flexibility index (Phi) is 3.86. The molecule has 0 amide bonds. The molecule has 2 aromatic rings. The maximum atomic E-state index is 13.6. The third kappa shape index (κ3) is 2.64. The minimum absolute atomic E-state index is 0.0581. The fourth-order valence-electron chi connectivity index (χ4n) is 1.38. The van der Waals surface area contributed by atoms with E-state index in [4.69, 9.17) is 0 Å². The van der Waals surface area contributed by atoms with Crippen LogP contribution in [0.4, 0.5) is 4.39 Å². The Morgan fingerprint density at radius 3 is 2.89 bits per heavy atom. The summed E-state index contributed by atoms with van der Waals surface area (Å²) in [6, 6.07) is 1.26. The lowest BCUT2D eigenvalue weighted by molar-refractivity contribution is 0.532. The zero-order valence-corrected chi connectivity index (χ0v) is 12.0. The second kappa shape index (κ2) is 5.23. The monoisotopic (exact) mass is 332 g/mol. The molecule has 0 aliphatic carbocycles. The van der Waals surface area contributed by atoms with Gasteiger partial charge in [-0.3, -0.25) is 4.57 Å². The highest BCUT2D eigenvalue weighted by atomic mass is 79.9. The van der Waals surface area contributed by atoms with Crippen LogP contribution in [0.5, 0.6) is 0 Å². The Bertz CT molecular complexity index is 625. The largest absolute Gasteiger partial charge is 0.344 e. The molecule has 0 radical (unpaired) electrons. The summed E-state index contributed by atoms with van der Waals surface area (Å²) in [5.41, 5.74) is -0.315. The number of nitrogens with zero attached hydrogens (tertiary/aromatic N) is 3. The Balaban J connectivity index is 2.37.